The number of anilines is 3. The second kappa shape index (κ2) is 10.0. The van der Waals surface area contributed by atoms with Gasteiger partial charge in [-0.15, -0.1) is 10.2 Å². The number of pyridine rings is 1. The minimum atomic E-state index is -0.286. The molecule has 7 nitrogen and oxygen atoms in total. The molecular weight excluding hydrogens is 440 g/mol. The van der Waals surface area contributed by atoms with Gasteiger partial charge in [0.05, 0.1) is 17.2 Å². The van der Waals surface area contributed by atoms with E-state index in [1.165, 1.54) is 23.1 Å². The van der Waals surface area contributed by atoms with Gasteiger partial charge in [-0.3, -0.25) is 10.1 Å². The first kappa shape index (κ1) is 21.5. The molecule has 9 heteroatoms. The normalized spacial score (nSPS) is 10.4. The van der Waals surface area contributed by atoms with E-state index in [4.69, 9.17) is 5.26 Å². The van der Waals surface area contributed by atoms with E-state index in [1.54, 1.807) is 30.5 Å². The molecule has 158 valence electrons. The number of benzene rings is 2. The van der Waals surface area contributed by atoms with E-state index in [1.807, 2.05) is 54.4 Å². The summed E-state index contributed by atoms with van der Waals surface area (Å²) in [6.07, 6.45) is 1.55. The maximum absolute atomic E-state index is 12.6. The number of carbonyl (C=O) groups is 1. The van der Waals surface area contributed by atoms with Gasteiger partial charge in [-0.1, -0.05) is 53.4 Å². The van der Waals surface area contributed by atoms with Crippen LogP contribution < -0.4 is 10.2 Å². The number of rotatable bonds is 7. The van der Waals surface area contributed by atoms with Crippen molar-refractivity contribution in [3.63, 3.8) is 0 Å². The van der Waals surface area contributed by atoms with Gasteiger partial charge in [0.25, 0.3) is 5.91 Å². The van der Waals surface area contributed by atoms with E-state index in [9.17, 15) is 4.79 Å². The van der Waals surface area contributed by atoms with Gasteiger partial charge in [0.2, 0.25) is 5.13 Å². The summed E-state index contributed by atoms with van der Waals surface area (Å²) in [6, 6.07) is 22.9. The fourth-order valence-corrected chi connectivity index (χ4v) is 4.51. The highest BCUT2D eigenvalue weighted by Gasteiger charge is 2.12. The van der Waals surface area contributed by atoms with Crippen LogP contribution in [0.1, 0.15) is 21.5 Å². The summed E-state index contributed by atoms with van der Waals surface area (Å²) < 4.78 is 0.752. The van der Waals surface area contributed by atoms with Crippen LogP contribution in [0.4, 0.5) is 16.6 Å². The van der Waals surface area contributed by atoms with E-state index in [0.29, 0.717) is 22.0 Å². The van der Waals surface area contributed by atoms with Gasteiger partial charge in [-0.25, -0.2) is 4.98 Å². The molecule has 0 radical (unpaired) electrons. The number of nitriles is 1. The molecule has 0 saturated heterocycles. The molecule has 0 saturated carbocycles. The van der Waals surface area contributed by atoms with Crippen molar-refractivity contribution in [1.29, 1.82) is 5.26 Å². The maximum Gasteiger partial charge on any atom is 0.259 e. The molecule has 2 aromatic heterocycles. The monoisotopic (exact) mass is 458 g/mol. The first-order chi connectivity index (χ1) is 15.6. The standard InChI is InChI=1S/C23H18N6OS2/c1-29(19-5-3-2-4-6-19)20-12-11-18(14-25-20)21(30)26-22-27-28-23(32-22)31-15-17-9-7-16(13-24)8-10-17/h2-12,14H,15H2,1H3,(H,26,27,30). The number of thioether (sulfide) groups is 1. The molecule has 32 heavy (non-hydrogen) atoms. The van der Waals surface area contributed by atoms with Crippen LogP contribution in [0.25, 0.3) is 0 Å². The van der Waals surface area contributed by atoms with Crippen molar-refractivity contribution >= 4 is 45.6 Å². The van der Waals surface area contributed by atoms with Crippen LogP contribution in [0.5, 0.6) is 0 Å². The SMILES string of the molecule is CN(c1ccccc1)c1ccc(C(=O)Nc2nnc(SCc3ccc(C#N)cc3)s2)cn1. The minimum absolute atomic E-state index is 0.286. The molecule has 0 atom stereocenters. The largest absolute Gasteiger partial charge is 0.329 e. The highest BCUT2D eigenvalue weighted by molar-refractivity contribution is 8.00. The number of carbonyl (C=O) groups excluding carboxylic acids is 1. The molecule has 0 bridgehead atoms. The molecule has 1 N–H and O–H groups in total. The van der Waals surface area contributed by atoms with Crippen molar-refractivity contribution in [2.75, 3.05) is 17.3 Å². The minimum Gasteiger partial charge on any atom is -0.329 e. The highest BCUT2D eigenvalue weighted by Crippen LogP contribution is 2.29. The zero-order valence-corrected chi connectivity index (χ0v) is 18.7. The average Bonchev–Trinajstić information content (AvgIpc) is 3.30. The lowest BCUT2D eigenvalue weighted by Crippen LogP contribution is -2.14. The zero-order chi connectivity index (χ0) is 22.3. The predicted octanol–water partition coefficient (Wildman–Crippen LogP) is 5.12. The molecular formula is C23H18N6OS2. The van der Waals surface area contributed by atoms with Crippen LogP contribution in [0.15, 0.2) is 77.3 Å². The summed E-state index contributed by atoms with van der Waals surface area (Å²) in [6.45, 7) is 0. The van der Waals surface area contributed by atoms with E-state index >= 15 is 0 Å². The quantitative estimate of drug-likeness (QED) is 0.303. The Morgan fingerprint density at radius 1 is 1.09 bits per heavy atom. The Morgan fingerprint density at radius 3 is 2.56 bits per heavy atom. The van der Waals surface area contributed by atoms with Crippen molar-refractivity contribution in [2.45, 2.75) is 10.1 Å². The molecule has 4 aromatic rings. The Morgan fingerprint density at radius 2 is 1.88 bits per heavy atom. The summed E-state index contributed by atoms with van der Waals surface area (Å²) in [5.41, 5.74) is 3.17. The second-order valence-electron chi connectivity index (χ2n) is 6.72. The fraction of sp³-hybridized carbons (Fsp3) is 0.0870. The molecule has 0 unspecified atom stereocenters. The van der Waals surface area contributed by atoms with Gasteiger partial charge < -0.3 is 4.90 Å². The first-order valence-electron chi connectivity index (χ1n) is 9.64. The van der Waals surface area contributed by atoms with Crippen molar-refractivity contribution in [1.82, 2.24) is 15.2 Å². The molecule has 0 aliphatic heterocycles. The number of hydrogen-bond acceptors (Lipinski definition) is 8. The van der Waals surface area contributed by atoms with Crippen LogP contribution in [0, 0.1) is 11.3 Å². The van der Waals surface area contributed by atoms with Crippen LogP contribution in [-0.4, -0.2) is 28.1 Å². The number of hydrogen-bond donors (Lipinski definition) is 1. The lowest BCUT2D eigenvalue weighted by atomic mass is 10.2. The maximum atomic E-state index is 12.6. The molecule has 0 aliphatic rings. The number of aromatic nitrogens is 3. The molecule has 2 heterocycles. The molecule has 4 rings (SSSR count). The average molecular weight is 459 g/mol. The lowest BCUT2D eigenvalue weighted by Gasteiger charge is -2.18. The summed E-state index contributed by atoms with van der Waals surface area (Å²) in [7, 11) is 1.93. The molecule has 0 fully saturated rings. The van der Waals surface area contributed by atoms with Gasteiger partial charge in [0, 0.05) is 24.7 Å². The highest BCUT2D eigenvalue weighted by atomic mass is 32.2. The summed E-state index contributed by atoms with van der Waals surface area (Å²) in [4.78, 5) is 18.9. The number of para-hydroxylation sites is 1. The van der Waals surface area contributed by atoms with Crippen LogP contribution in [-0.2, 0) is 5.75 Å². The third-order valence-electron chi connectivity index (χ3n) is 4.57. The van der Waals surface area contributed by atoms with Gasteiger partial charge in [-0.05, 0) is 42.0 Å². The zero-order valence-electron chi connectivity index (χ0n) is 17.1. The Balaban J connectivity index is 1.34. The lowest BCUT2D eigenvalue weighted by molar-refractivity contribution is 0.102. The smallest absolute Gasteiger partial charge is 0.259 e. The van der Waals surface area contributed by atoms with Crippen molar-refractivity contribution < 1.29 is 4.79 Å². The number of nitrogens with one attached hydrogen (secondary N) is 1. The van der Waals surface area contributed by atoms with Gasteiger partial charge in [0.1, 0.15) is 5.82 Å². The second-order valence-corrected chi connectivity index (χ2v) is 8.92. The van der Waals surface area contributed by atoms with Gasteiger partial charge >= 0.3 is 0 Å². The third-order valence-corrected chi connectivity index (χ3v) is 6.61. The summed E-state index contributed by atoms with van der Waals surface area (Å²) in [5.74, 6) is 1.16. The van der Waals surface area contributed by atoms with Crippen molar-refractivity contribution in [3.05, 3.63) is 89.6 Å². The Hall–Kier alpha value is -3.74. The van der Waals surface area contributed by atoms with Crippen LogP contribution >= 0.6 is 23.1 Å². The van der Waals surface area contributed by atoms with E-state index in [-0.39, 0.29) is 5.91 Å². The fourth-order valence-electron chi connectivity index (χ4n) is 2.81. The molecule has 1 amide bonds. The summed E-state index contributed by atoms with van der Waals surface area (Å²) in [5, 5.41) is 20.3. The van der Waals surface area contributed by atoms with Crippen molar-refractivity contribution in [2.24, 2.45) is 0 Å². The number of nitrogens with zero attached hydrogens (tertiary/aromatic N) is 5. The van der Waals surface area contributed by atoms with E-state index < -0.39 is 0 Å². The van der Waals surface area contributed by atoms with Gasteiger partial charge in [-0.2, -0.15) is 5.26 Å². The first-order valence-corrected chi connectivity index (χ1v) is 11.4. The van der Waals surface area contributed by atoms with E-state index in [0.717, 1.165) is 21.4 Å². The van der Waals surface area contributed by atoms with Crippen LogP contribution in [0.2, 0.25) is 0 Å². The van der Waals surface area contributed by atoms with Crippen molar-refractivity contribution in [3.8, 4) is 6.07 Å². The number of amides is 1. The van der Waals surface area contributed by atoms with Crippen LogP contribution in [0.3, 0.4) is 0 Å². The molecule has 0 aliphatic carbocycles. The van der Waals surface area contributed by atoms with Gasteiger partial charge in [0.15, 0.2) is 4.34 Å². The Bertz CT molecular complexity index is 1230. The molecule has 0 spiro atoms. The summed E-state index contributed by atoms with van der Waals surface area (Å²) >= 11 is 2.84. The van der Waals surface area contributed by atoms with E-state index in [2.05, 4.69) is 26.6 Å². The Labute approximate surface area is 193 Å². The third kappa shape index (κ3) is 5.29. The molecule has 2 aromatic carbocycles. The predicted molar refractivity (Wildman–Crippen MR) is 127 cm³/mol. The Kier molecular flexibility index (Phi) is 6.75. The topological polar surface area (TPSA) is 94.8 Å².